The summed E-state index contributed by atoms with van der Waals surface area (Å²) in [7, 11) is 0. The van der Waals surface area contributed by atoms with Gasteiger partial charge in [0.1, 0.15) is 0 Å². The van der Waals surface area contributed by atoms with Gasteiger partial charge in [0.15, 0.2) is 0 Å². The van der Waals surface area contributed by atoms with Gasteiger partial charge in [-0.2, -0.15) is 0 Å². The second-order valence-corrected chi connectivity index (χ2v) is 3.39. The summed E-state index contributed by atoms with van der Waals surface area (Å²) in [5, 5.41) is 2.07. The van der Waals surface area contributed by atoms with Gasteiger partial charge in [0.05, 0.1) is 12.5 Å². The Hall–Kier alpha value is -1.02. The highest BCUT2D eigenvalue weighted by Crippen LogP contribution is 2.27. The zero-order valence-corrected chi connectivity index (χ0v) is 7.02. The average molecular weight is 164 g/mol. The van der Waals surface area contributed by atoms with Crippen molar-refractivity contribution >= 4 is 11.3 Å². The van der Waals surface area contributed by atoms with E-state index in [0.29, 0.717) is 0 Å². The van der Waals surface area contributed by atoms with Gasteiger partial charge in [-0.05, 0) is 23.9 Å². The zero-order valence-electron chi connectivity index (χ0n) is 6.20. The second-order valence-electron chi connectivity index (χ2n) is 2.45. The molecule has 1 nitrogen and oxygen atoms in total. The van der Waals surface area contributed by atoms with Crippen LogP contribution in [0.4, 0.5) is 0 Å². The van der Waals surface area contributed by atoms with Crippen molar-refractivity contribution in [3.63, 3.8) is 0 Å². The fourth-order valence-corrected chi connectivity index (χ4v) is 1.84. The van der Waals surface area contributed by atoms with Crippen LogP contribution >= 0.6 is 11.3 Å². The van der Waals surface area contributed by atoms with E-state index in [1.165, 1.54) is 16.0 Å². The molecule has 0 aliphatic heterocycles. The summed E-state index contributed by atoms with van der Waals surface area (Å²) in [4.78, 5) is 1.27. The fraction of sp³-hybridized carbons (Fsp3) is 0.111. The molecule has 0 fully saturated rings. The molecule has 0 aliphatic rings. The molecule has 0 N–H and O–H groups in total. The molecule has 0 saturated carbocycles. The van der Waals surface area contributed by atoms with Gasteiger partial charge in [0, 0.05) is 10.4 Å². The molecule has 2 rings (SSSR count). The first kappa shape index (κ1) is 6.68. The third-order valence-corrected chi connectivity index (χ3v) is 2.55. The molecule has 2 heteroatoms. The monoisotopic (exact) mass is 164 g/mol. The minimum Gasteiger partial charge on any atom is -0.472 e. The quantitative estimate of drug-likeness (QED) is 0.630. The Balaban J connectivity index is 2.53. The van der Waals surface area contributed by atoms with Crippen LogP contribution in [-0.2, 0) is 0 Å². The van der Waals surface area contributed by atoms with E-state index in [1.54, 1.807) is 23.9 Å². The maximum Gasteiger partial charge on any atom is 0.0991 e. The minimum atomic E-state index is 1.20. The molecule has 0 unspecified atom stereocenters. The lowest BCUT2D eigenvalue weighted by Gasteiger charge is -1.89. The van der Waals surface area contributed by atoms with E-state index in [2.05, 4.69) is 18.4 Å². The smallest absolute Gasteiger partial charge is 0.0991 e. The summed E-state index contributed by atoms with van der Waals surface area (Å²) in [6.07, 6.45) is 3.57. The van der Waals surface area contributed by atoms with Crippen LogP contribution in [0.1, 0.15) is 5.56 Å². The maximum atomic E-state index is 5.08. The van der Waals surface area contributed by atoms with E-state index in [1.807, 2.05) is 6.07 Å². The predicted molar refractivity (Wildman–Crippen MR) is 46.8 cm³/mol. The summed E-state index contributed by atoms with van der Waals surface area (Å²) in [6, 6.07) is 4.15. The predicted octanol–water partition coefficient (Wildman–Crippen LogP) is 3.32. The lowest BCUT2D eigenvalue weighted by molar-refractivity contribution is 0.566. The molecular weight excluding hydrogens is 156 g/mol. The van der Waals surface area contributed by atoms with Crippen LogP contribution in [0.25, 0.3) is 10.4 Å². The number of furan rings is 1. The van der Waals surface area contributed by atoms with Gasteiger partial charge in [0.25, 0.3) is 0 Å². The third kappa shape index (κ3) is 1.10. The lowest BCUT2D eigenvalue weighted by atomic mass is 10.2. The molecule has 0 amide bonds. The van der Waals surface area contributed by atoms with Crippen LogP contribution in [-0.4, -0.2) is 0 Å². The molecule has 0 spiro atoms. The molecule has 0 atom stereocenters. The number of hydrogen-bond donors (Lipinski definition) is 0. The topological polar surface area (TPSA) is 13.1 Å². The molecule has 11 heavy (non-hydrogen) atoms. The van der Waals surface area contributed by atoms with Crippen LogP contribution in [0.2, 0.25) is 0 Å². The van der Waals surface area contributed by atoms with E-state index < -0.39 is 0 Å². The summed E-state index contributed by atoms with van der Waals surface area (Å²) in [5.41, 5.74) is 2.41. The van der Waals surface area contributed by atoms with Crippen LogP contribution in [0, 0.1) is 6.92 Å². The summed E-state index contributed by atoms with van der Waals surface area (Å²) < 4.78 is 5.08. The largest absolute Gasteiger partial charge is 0.472 e. The minimum absolute atomic E-state index is 1.20. The van der Waals surface area contributed by atoms with Gasteiger partial charge in [-0.25, -0.2) is 0 Å². The number of rotatable bonds is 1. The van der Waals surface area contributed by atoms with Crippen LogP contribution in [0.5, 0.6) is 0 Å². The van der Waals surface area contributed by atoms with Crippen molar-refractivity contribution in [3.05, 3.63) is 35.6 Å². The first-order chi connectivity index (χ1) is 5.38. The molecule has 0 aromatic carbocycles. The first-order valence-corrected chi connectivity index (χ1v) is 4.32. The Morgan fingerprint density at radius 2 is 2.27 bits per heavy atom. The van der Waals surface area contributed by atoms with Crippen molar-refractivity contribution in [1.82, 2.24) is 0 Å². The number of aryl methyl sites for hydroxylation is 1. The Bertz CT molecular complexity index is 332. The molecule has 2 heterocycles. The molecule has 0 radical (unpaired) electrons. The van der Waals surface area contributed by atoms with Gasteiger partial charge < -0.3 is 4.42 Å². The van der Waals surface area contributed by atoms with Gasteiger partial charge in [-0.15, -0.1) is 11.3 Å². The summed E-state index contributed by atoms with van der Waals surface area (Å²) in [5.74, 6) is 0. The fourth-order valence-electron chi connectivity index (χ4n) is 1.04. The third-order valence-electron chi connectivity index (χ3n) is 1.64. The van der Waals surface area contributed by atoms with Crippen molar-refractivity contribution in [2.24, 2.45) is 0 Å². The van der Waals surface area contributed by atoms with Crippen molar-refractivity contribution in [1.29, 1.82) is 0 Å². The average Bonchev–Trinajstić information content (AvgIpc) is 2.55. The molecule has 56 valence electrons. The highest BCUT2D eigenvalue weighted by Gasteiger charge is 2.03. The Kier molecular flexibility index (Phi) is 1.55. The first-order valence-electron chi connectivity index (χ1n) is 3.44. The second kappa shape index (κ2) is 2.55. The number of thiophene rings is 1. The SMILES string of the molecule is Cc1cocc1-c1cccs1. The highest BCUT2D eigenvalue weighted by molar-refractivity contribution is 7.13. The molecule has 0 saturated heterocycles. The lowest BCUT2D eigenvalue weighted by Crippen LogP contribution is -1.68. The highest BCUT2D eigenvalue weighted by atomic mass is 32.1. The van der Waals surface area contributed by atoms with E-state index >= 15 is 0 Å². The van der Waals surface area contributed by atoms with Crippen LogP contribution in [0.3, 0.4) is 0 Å². The normalized spacial score (nSPS) is 10.3. The Morgan fingerprint density at radius 3 is 2.82 bits per heavy atom. The molecule has 0 aliphatic carbocycles. The van der Waals surface area contributed by atoms with Crippen LogP contribution < -0.4 is 0 Å². The van der Waals surface area contributed by atoms with Crippen molar-refractivity contribution in [2.45, 2.75) is 6.92 Å². The van der Waals surface area contributed by atoms with E-state index in [4.69, 9.17) is 4.42 Å². The van der Waals surface area contributed by atoms with E-state index in [-0.39, 0.29) is 0 Å². The van der Waals surface area contributed by atoms with Gasteiger partial charge in [0.2, 0.25) is 0 Å². The maximum absolute atomic E-state index is 5.08. The Morgan fingerprint density at radius 1 is 1.36 bits per heavy atom. The molecule has 2 aromatic heterocycles. The molecular formula is C9H8OS. The standard InChI is InChI=1S/C9H8OS/c1-7-5-10-6-8(7)9-3-2-4-11-9/h2-6H,1H3. The van der Waals surface area contributed by atoms with Crippen molar-refractivity contribution in [3.8, 4) is 10.4 Å². The molecule has 2 aromatic rings. The van der Waals surface area contributed by atoms with E-state index in [9.17, 15) is 0 Å². The molecule has 0 bridgehead atoms. The van der Waals surface area contributed by atoms with E-state index in [0.717, 1.165) is 0 Å². The van der Waals surface area contributed by atoms with Gasteiger partial charge in [-0.1, -0.05) is 6.07 Å². The Labute approximate surface area is 69.3 Å². The van der Waals surface area contributed by atoms with Gasteiger partial charge >= 0.3 is 0 Å². The van der Waals surface area contributed by atoms with Crippen molar-refractivity contribution in [2.75, 3.05) is 0 Å². The van der Waals surface area contributed by atoms with Gasteiger partial charge in [-0.3, -0.25) is 0 Å². The van der Waals surface area contributed by atoms with Crippen molar-refractivity contribution < 1.29 is 4.42 Å². The number of hydrogen-bond acceptors (Lipinski definition) is 2. The summed E-state index contributed by atoms with van der Waals surface area (Å²) in [6.45, 7) is 2.05. The summed E-state index contributed by atoms with van der Waals surface area (Å²) >= 11 is 1.73. The van der Waals surface area contributed by atoms with Crippen LogP contribution in [0.15, 0.2) is 34.5 Å². The zero-order chi connectivity index (χ0) is 7.68.